The molecule has 0 saturated heterocycles. The van der Waals surface area contributed by atoms with E-state index in [9.17, 15) is 5.11 Å². The molecule has 1 radical (unpaired) electrons. The van der Waals surface area contributed by atoms with Crippen molar-refractivity contribution >= 4 is 0 Å². The first-order chi connectivity index (χ1) is 9.75. The van der Waals surface area contributed by atoms with Crippen LogP contribution in [0.25, 0.3) is 0 Å². The van der Waals surface area contributed by atoms with Gasteiger partial charge in [-0.05, 0) is 18.9 Å². The Morgan fingerprint density at radius 3 is 2.05 bits per heavy atom. The lowest BCUT2D eigenvalue weighted by Crippen LogP contribution is -2.15. The smallest absolute Gasteiger partial charge is 0.0608 e. The Morgan fingerprint density at radius 2 is 1.45 bits per heavy atom. The van der Waals surface area contributed by atoms with Crippen molar-refractivity contribution in [3.8, 4) is 0 Å². The minimum atomic E-state index is -0.308. The van der Waals surface area contributed by atoms with E-state index in [0.717, 1.165) is 18.4 Å². The Balaban J connectivity index is 2.07. The number of benzene rings is 1. The second-order valence-corrected chi connectivity index (χ2v) is 5.85. The quantitative estimate of drug-likeness (QED) is 0.529. The van der Waals surface area contributed by atoms with Crippen molar-refractivity contribution in [2.45, 2.75) is 76.7 Å². The van der Waals surface area contributed by atoms with Crippen molar-refractivity contribution in [1.82, 2.24) is 0 Å². The summed E-state index contributed by atoms with van der Waals surface area (Å²) in [5, 5.41) is 10.2. The molecule has 2 unspecified atom stereocenters. The molecule has 0 aliphatic rings. The van der Waals surface area contributed by atoms with Crippen LogP contribution in [0.4, 0.5) is 0 Å². The van der Waals surface area contributed by atoms with Crippen LogP contribution in [-0.2, 0) is 0 Å². The molecule has 0 aliphatic carbocycles. The van der Waals surface area contributed by atoms with Gasteiger partial charge in [-0.15, -0.1) is 0 Å². The topological polar surface area (TPSA) is 20.2 Å². The number of hydrogen-bond acceptors (Lipinski definition) is 1. The van der Waals surface area contributed by atoms with Crippen molar-refractivity contribution in [1.29, 1.82) is 0 Å². The van der Waals surface area contributed by atoms with E-state index >= 15 is 0 Å². The summed E-state index contributed by atoms with van der Waals surface area (Å²) in [6, 6.07) is 10.1. The molecule has 1 N–H and O–H groups in total. The Morgan fingerprint density at radius 1 is 0.900 bits per heavy atom. The highest BCUT2D eigenvalue weighted by atomic mass is 16.3. The maximum absolute atomic E-state index is 10.2. The summed E-state index contributed by atoms with van der Waals surface area (Å²) < 4.78 is 0. The molecule has 0 heterocycles. The zero-order chi connectivity index (χ0) is 14.6. The van der Waals surface area contributed by atoms with Gasteiger partial charge < -0.3 is 5.11 Å². The normalized spacial score (nSPS) is 14.2. The number of unbranched alkanes of at least 4 members (excludes halogenated alkanes) is 7. The van der Waals surface area contributed by atoms with Crippen LogP contribution < -0.4 is 0 Å². The fourth-order valence-corrected chi connectivity index (χ4v) is 2.61. The van der Waals surface area contributed by atoms with Gasteiger partial charge in [-0.2, -0.15) is 0 Å². The van der Waals surface area contributed by atoms with Crippen LogP contribution in [0.5, 0.6) is 0 Å². The molecular weight excluding hydrogens is 244 g/mol. The molecule has 1 heteroatoms. The summed E-state index contributed by atoms with van der Waals surface area (Å²) in [6.45, 7) is 6.36. The molecule has 0 bridgehead atoms. The summed E-state index contributed by atoms with van der Waals surface area (Å²) in [7, 11) is 0. The predicted octanol–water partition coefficient (Wildman–Crippen LogP) is 5.50. The zero-order valence-corrected chi connectivity index (χ0v) is 13.1. The SMILES string of the molecule is [CH2]C(c1ccccc1)C(O)CCCCCCCCCC. The fourth-order valence-electron chi connectivity index (χ4n) is 2.61. The predicted molar refractivity (Wildman–Crippen MR) is 87.8 cm³/mol. The summed E-state index contributed by atoms with van der Waals surface area (Å²) in [4.78, 5) is 0. The lowest BCUT2D eigenvalue weighted by molar-refractivity contribution is 0.144. The van der Waals surface area contributed by atoms with Crippen LogP contribution in [0.1, 0.15) is 76.2 Å². The summed E-state index contributed by atoms with van der Waals surface area (Å²) in [5.74, 6) is 0.000698. The largest absolute Gasteiger partial charge is 0.392 e. The average molecular weight is 275 g/mol. The van der Waals surface area contributed by atoms with Gasteiger partial charge >= 0.3 is 0 Å². The van der Waals surface area contributed by atoms with E-state index < -0.39 is 0 Å². The van der Waals surface area contributed by atoms with Crippen molar-refractivity contribution in [2.24, 2.45) is 0 Å². The van der Waals surface area contributed by atoms with Crippen LogP contribution >= 0.6 is 0 Å². The lowest BCUT2D eigenvalue weighted by Gasteiger charge is -2.19. The van der Waals surface area contributed by atoms with E-state index in [1.807, 2.05) is 18.2 Å². The minimum Gasteiger partial charge on any atom is -0.392 e. The van der Waals surface area contributed by atoms with E-state index in [1.165, 1.54) is 44.9 Å². The van der Waals surface area contributed by atoms with E-state index in [0.29, 0.717) is 0 Å². The highest BCUT2D eigenvalue weighted by Crippen LogP contribution is 2.22. The maximum atomic E-state index is 10.2. The van der Waals surface area contributed by atoms with Gasteiger partial charge in [0.2, 0.25) is 0 Å². The van der Waals surface area contributed by atoms with Crippen LogP contribution in [0, 0.1) is 6.92 Å². The second-order valence-electron chi connectivity index (χ2n) is 5.85. The summed E-state index contributed by atoms with van der Waals surface area (Å²) in [6.07, 6.45) is 11.0. The highest BCUT2D eigenvalue weighted by molar-refractivity contribution is 5.21. The third-order valence-corrected chi connectivity index (χ3v) is 4.05. The first-order valence-corrected chi connectivity index (χ1v) is 8.31. The number of hydrogen-bond donors (Lipinski definition) is 1. The monoisotopic (exact) mass is 275 g/mol. The molecule has 0 saturated carbocycles. The van der Waals surface area contributed by atoms with Crippen molar-refractivity contribution in [3.63, 3.8) is 0 Å². The highest BCUT2D eigenvalue weighted by Gasteiger charge is 2.15. The molecule has 0 amide bonds. The maximum Gasteiger partial charge on any atom is 0.0608 e. The molecule has 1 aromatic rings. The molecule has 1 aromatic carbocycles. The molecule has 0 aliphatic heterocycles. The van der Waals surface area contributed by atoms with Gasteiger partial charge in [0.1, 0.15) is 0 Å². The Bertz CT molecular complexity index is 320. The first-order valence-electron chi connectivity index (χ1n) is 8.31. The van der Waals surface area contributed by atoms with Gasteiger partial charge in [-0.3, -0.25) is 0 Å². The minimum absolute atomic E-state index is 0.000698. The van der Waals surface area contributed by atoms with Crippen molar-refractivity contribution < 1.29 is 5.11 Å². The zero-order valence-electron chi connectivity index (χ0n) is 13.1. The van der Waals surface area contributed by atoms with Crippen molar-refractivity contribution in [2.75, 3.05) is 0 Å². The molecule has 0 fully saturated rings. The lowest BCUT2D eigenvalue weighted by atomic mass is 9.92. The second kappa shape index (κ2) is 10.9. The average Bonchev–Trinajstić information content (AvgIpc) is 2.50. The van der Waals surface area contributed by atoms with Gasteiger partial charge in [0.15, 0.2) is 0 Å². The van der Waals surface area contributed by atoms with Gasteiger partial charge in [0.25, 0.3) is 0 Å². The van der Waals surface area contributed by atoms with Crippen LogP contribution in [0.2, 0.25) is 0 Å². The molecule has 1 nitrogen and oxygen atoms in total. The van der Waals surface area contributed by atoms with E-state index in [4.69, 9.17) is 0 Å². The third kappa shape index (κ3) is 7.09. The number of rotatable bonds is 11. The number of aliphatic hydroxyl groups is 1. The molecule has 20 heavy (non-hydrogen) atoms. The standard InChI is InChI=1S/C19H31O/c1-3-4-5-6-7-8-9-13-16-19(20)17(2)18-14-11-10-12-15-18/h10-12,14-15,17,19-20H,2-9,13,16H2,1H3. The molecule has 1 rings (SSSR count). The molecule has 2 atom stereocenters. The van der Waals surface area contributed by atoms with Gasteiger partial charge in [0, 0.05) is 5.92 Å². The fraction of sp³-hybridized carbons (Fsp3) is 0.632. The van der Waals surface area contributed by atoms with Gasteiger partial charge in [-0.25, -0.2) is 0 Å². The molecule has 113 valence electrons. The van der Waals surface area contributed by atoms with Crippen LogP contribution in [0.15, 0.2) is 30.3 Å². The molecule has 0 spiro atoms. The molecule has 0 aromatic heterocycles. The van der Waals surface area contributed by atoms with Crippen LogP contribution in [0.3, 0.4) is 0 Å². The van der Waals surface area contributed by atoms with E-state index in [1.54, 1.807) is 0 Å². The van der Waals surface area contributed by atoms with Gasteiger partial charge in [-0.1, -0.05) is 88.6 Å². The van der Waals surface area contributed by atoms with Crippen molar-refractivity contribution in [3.05, 3.63) is 42.8 Å². The number of aliphatic hydroxyl groups excluding tert-OH is 1. The Labute approximate surface area is 125 Å². The molecular formula is C19H31O. The third-order valence-electron chi connectivity index (χ3n) is 4.05. The van der Waals surface area contributed by atoms with Gasteiger partial charge in [0.05, 0.1) is 6.10 Å². The first kappa shape index (κ1) is 17.2. The van der Waals surface area contributed by atoms with E-state index in [2.05, 4.69) is 26.0 Å². The van der Waals surface area contributed by atoms with E-state index in [-0.39, 0.29) is 12.0 Å². The Kier molecular flexibility index (Phi) is 9.40. The Hall–Kier alpha value is -0.820. The summed E-state index contributed by atoms with van der Waals surface area (Å²) in [5.41, 5.74) is 1.14. The van der Waals surface area contributed by atoms with Crippen LogP contribution in [-0.4, -0.2) is 11.2 Å². The summed E-state index contributed by atoms with van der Waals surface area (Å²) >= 11 is 0.